The molecule has 0 spiro atoms. The summed E-state index contributed by atoms with van der Waals surface area (Å²) in [4.78, 5) is 28.3. The second-order valence-electron chi connectivity index (χ2n) is 11.5. The molecule has 1 aromatic heterocycles. The molecule has 1 aliphatic rings. The second kappa shape index (κ2) is 10.9. The van der Waals surface area contributed by atoms with Gasteiger partial charge in [-0.2, -0.15) is 5.10 Å². The van der Waals surface area contributed by atoms with Crippen LogP contribution < -0.4 is 10.2 Å². The van der Waals surface area contributed by atoms with Gasteiger partial charge in [-0.05, 0) is 49.1 Å². The van der Waals surface area contributed by atoms with Gasteiger partial charge in [0.25, 0.3) is 0 Å². The van der Waals surface area contributed by atoms with Crippen molar-refractivity contribution in [3.8, 4) is 5.69 Å². The highest BCUT2D eigenvalue weighted by Gasteiger charge is 2.40. The summed E-state index contributed by atoms with van der Waals surface area (Å²) in [5.41, 5.74) is 5.01. The number of carbonyl (C=O) groups is 2. The molecule has 38 heavy (non-hydrogen) atoms. The molecule has 1 atom stereocenters. The minimum Gasteiger partial charge on any atom is -0.354 e. The lowest BCUT2D eigenvalue weighted by atomic mass is 9.87. The number of amides is 2. The van der Waals surface area contributed by atoms with Gasteiger partial charge in [-0.15, -0.1) is 11.8 Å². The highest BCUT2D eigenvalue weighted by molar-refractivity contribution is 8.00. The van der Waals surface area contributed by atoms with Gasteiger partial charge < -0.3 is 5.32 Å². The average Bonchev–Trinajstić information content (AvgIpc) is 3.15. The molecule has 2 aromatic carbocycles. The number of benzene rings is 2. The van der Waals surface area contributed by atoms with Crippen molar-refractivity contribution in [2.75, 3.05) is 23.7 Å². The van der Waals surface area contributed by atoms with Crippen molar-refractivity contribution >= 4 is 29.4 Å². The minimum atomic E-state index is -0.376. The van der Waals surface area contributed by atoms with E-state index in [2.05, 4.69) is 32.2 Å². The first kappa shape index (κ1) is 27.9. The monoisotopic (exact) mass is 536 g/mol. The zero-order chi connectivity index (χ0) is 27.8. The van der Waals surface area contributed by atoms with E-state index in [0.717, 1.165) is 33.6 Å². The molecule has 0 saturated heterocycles. The highest BCUT2D eigenvalue weighted by atomic mass is 32.2. The van der Waals surface area contributed by atoms with Crippen LogP contribution in [0.15, 0.2) is 42.5 Å². The first-order chi connectivity index (χ1) is 17.9. The van der Waals surface area contributed by atoms with Crippen molar-refractivity contribution in [1.82, 2.24) is 15.1 Å². The van der Waals surface area contributed by atoms with Crippen LogP contribution in [-0.4, -0.2) is 40.4 Å². The van der Waals surface area contributed by atoms with Crippen molar-refractivity contribution in [3.63, 3.8) is 0 Å². The van der Waals surface area contributed by atoms with E-state index >= 15 is 0 Å². The number of rotatable bonds is 6. The number of thioether (sulfide) groups is 1. The van der Waals surface area contributed by atoms with Gasteiger partial charge in [-0.25, -0.2) is 9.07 Å². The minimum absolute atomic E-state index is 0.116. The molecular formula is C30H37FN4O2S. The fourth-order valence-electron chi connectivity index (χ4n) is 4.73. The first-order valence-electron chi connectivity index (χ1n) is 13.0. The quantitative estimate of drug-likeness (QED) is 0.428. The lowest BCUT2D eigenvalue weighted by Crippen LogP contribution is -2.43. The molecule has 3 aromatic rings. The Bertz CT molecular complexity index is 1360. The smallest absolute Gasteiger partial charge is 0.240 e. The number of fused-ring (bicyclic) bond motifs is 1. The topological polar surface area (TPSA) is 67.2 Å². The predicted octanol–water partition coefficient (Wildman–Crippen LogP) is 5.87. The molecule has 2 amide bonds. The third kappa shape index (κ3) is 5.80. The third-order valence-corrected chi connectivity index (χ3v) is 7.80. The molecule has 0 aliphatic carbocycles. The maximum Gasteiger partial charge on any atom is 0.240 e. The number of halogens is 1. The maximum atomic E-state index is 14.4. The van der Waals surface area contributed by atoms with Crippen molar-refractivity contribution in [2.24, 2.45) is 5.92 Å². The van der Waals surface area contributed by atoms with E-state index in [1.54, 1.807) is 11.0 Å². The van der Waals surface area contributed by atoms with Crippen LogP contribution in [0, 0.1) is 25.6 Å². The van der Waals surface area contributed by atoms with E-state index in [0.29, 0.717) is 12.4 Å². The van der Waals surface area contributed by atoms with E-state index in [9.17, 15) is 14.0 Å². The predicted molar refractivity (Wildman–Crippen MR) is 153 cm³/mol. The van der Waals surface area contributed by atoms with E-state index in [1.807, 2.05) is 50.6 Å². The molecule has 0 radical (unpaired) electrons. The normalized spacial score (nSPS) is 16.0. The molecule has 6 nitrogen and oxygen atoms in total. The molecule has 4 rings (SSSR count). The molecular weight excluding hydrogens is 499 g/mol. The molecule has 1 aliphatic heterocycles. The number of carbonyl (C=O) groups excluding carboxylic acids is 2. The Morgan fingerprint density at radius 3 is 2.55 bits per heavy atom. The summed E-state index contributed by atoms with van der Waals surface area (Å²) in [5.74, 6) is 0.286. The molecule has 202 valence electrons. The summed E-state index contributed by atoms with van der Waals surface area (Å²) in [5, 5.41) is 7.73. The largest absolute Gasteiger partial charge is 0.354 e. The van der Waals surface area contributed by atoms with Crippen molar-refractivity contribution < 1.29 is 14.0 Å². The van der Waals surface area contributed by atoms with Crippen LogP contribution in [0.5, 0.6) is 0 Å². The summed E-state index contributed by atoms with van der Waals surface area (Å²) >= 11 is 1.45. The number of aromatic nitrogens is 2. The van der Waals surface area contributed by atoms with Gasteiger partial charge in [0.05, 0.1) is 22.4 Å². The molecule has 0 unspecified atom stereocenters. The molecule has 0 saturated carbocycles. The van der Waals surface area contributed by atoms with E-state index in [1.165, 1.54) is 23.9 Å². The fraction of sp³-hybridized carbons (Fsp3) is 0.433. The van der Waals surface area contributed by atoms with Gasteiger partial charge in [0.1, 0.15) is 18.2 Å². The number of hydrogen-bond acceptors (Lipinski definition) is 4. The number of hydrogen-bond donors (Lipinski definition) is 1. The van der Waals surface area contributed by atoms with Crippen molar-refractivity contribution in [1.29, 1.82) is 0 Å². The third-order valence-electron chi connectivity index (χ3n) is 6.54. The van der Waals surface area contributed by atoms with Crippen molar-refractivity contribution in [2.45, 2.75) is 59.1 Å². The summed E-state index contributed by atoms with van der Waals surface area (Å²) in [6, 6.07) is 12.6. The molecule has 0 bridgehead atoms. The van der Waals surface area contributed by atoms with E-state index < -0.39 is 0 Å². The van der Waals surface area contributed by atoms with Crippen LogP contribution in [0.2, 0.25) is 0 Å². The standard InChI is InChI=1S/C30H37FN4O2S/c1-18(2)15-32-24(36)16-34-25(37)17-38-27(21-9-8-10-22(31)14-21)26-28(30(5,6)7)33-35(29(26)34)23-12-11-19(3)13-20(23)4/h8-14,18,27H,15-17H2,1-7H3,(H,32,36)/t27-/m1/s1. The van der Waals surface area contributed by atoms with Crippen LogP contribution in [0.3, 0.4) is 0 Å². The number of nitrogens with zero attached hydrogens (tertiary/aromatic N) is 3. The average molecular weight is 537 g/mol. The Morgan fingerprint density at radius 2 is 1.92 bits per heavy atom. The Hall–Kier alpha value is -3.13. The van der Waals surface area contributed by atoms with Gasteiger partial charge in [-0.3, -0.25) is 14.5 Å². The lowest BCUT2D eigenvalue weighted by Gasteiger charge is -2.25. The summed E-state index contributed by atoms with van der Waals surface area (Å²) in [6.07, 6.45) is 0. The second-order valence-corrected chi connectivity index (χ2v) is 12.6. The Balaban J connectivity index is 2.00. The zero-order valence-electron chi connectivity index (χ0n) is 23.3. The van der Waals surface area contributed by atoms with Gasteiger partial charge in [0.15, 0.2) is 0 Å². The summed E-state index contributed by atoms with van der Waals surface area (Å²) < 4.78 is 16.2. The Morgan fingerprint density at radius 1 is 1.18 bits per heavy atom. The van der Waals surface area contributed by atoms with Gasteiger partial charge >= 0.3 is 0 Å². The molecule has 2 heterocycles. The van der Waals surface area contributed by atoms with Crippen LogP contribution in [0.4, 0.5) is 10.2 Å². The van der Waals surface area contributed by atoms with Crippen molar-refractivity contribution in [3.05, 3.63) is 76.2 Å². The highest BCUT2D eigenvalue weighted by Crippen LogP contribution is 2.48. The summed E-state index contributed by atoms with van der Waals surface area (Å²) in [6.45, 7) is 14.8. The molecule has 0 fully saturated rings. The van der Waals surface area contributed by atoms with Crippen LogP contribution >= 0.6 is 11.8 Å². The number of aryl methyl sites for hydroxylation is 2. The van der Waals surface area contributed by atoms with Gasteiger partial charge in [-0.1, -0.05) is 64.4 Å². The lowest BCUT2D eigenvalue weighted by molar-refractivity contribution is -0.123. The van der Waals surface area contributed by atoms with Crippen LogP contribution in [-0.2, 0) is 15.0 Å². The van der Waals surface area contributed by atoms with E-state index in [4.69, 9.17) is 5.10 Å². The molecule has 1 N–H and O–H groups in total. The SMILES string of the molecule is Cc1ccc(-n2nc(C(C)(C)C)c3c2N(CC(=O)NCC(C)C)C(=O)CS[C@@H]3c2cccc(F)c2)c(C)c1. The van der Waals surface area contributed by atoms with Crippen LogP contribution in [0.1, 0.15) is 67.8 Å². The Labute approximate surface area is 229 Å². The molecule has 8 heteroatoms. The summed E-state index contributed by atoms with van der Waals surface area (Å²) in [7, 11) is 0. The zero-order valence-corrected chi connectivity index (χ0v) is 24.1. The van der Waals surface area contributed by atoms with Gasteiger partial charge in [0, 0.05) is 17.5 Å². The van der Waals surface area contributed by atoms with Crippen LogP contribution in [0.25, 0.3) is 5.69 Å². The Kier molecular flexibility index (Phi) is 8.02. The number of anilines is 1. The maximum absolute atomic E-state index is 14.4. The van der Waals surface area contributed by atoms with Gasteiger partial charge in [0.2, 0.25) is 11.8 Å². The number of nitrogens with one attached hydrogen (secondary N) is 1. The fourth-order valence-corrected chi connectivity index (χ4v) is 5.92. The van der Waals surface area contributed by atoms with E-state index in [-0.39, 0.29) is 46.5 Å². The first-order valence-corrected chi connectivity index (χ1v) is 14.1.